The lowest BCUT2D eigenvalue weighted by Crippen LogP contribution is -2.33. The van der Waals surface area contributed by atoms with Crippen LogP contribution >= 0.6 is 11.6 Å². The van der Waals surface area contributed by atoms with Crippen molar-refractivity contribution in [1.29, 1.82) is 0 Å². The Kier molecular flexibility index (Phi) is 6.26. The summed E-state index contributed by atoms with van der Waals surface area (Å²) in [4.78, 5) is 4.06. The van der Waals surface area contributed by atoms with Crippen molar-refractivity contribution in [2.24, 2.45) is 0 Å². The van der Waals surface area contributed by atoms with Crippen LogP contribution in [-0.4, -0.2) is 34.0 Å². The Hall–Kier alpha value is -2.24. The van der Waals surface area contributed by atoms with E-state index >= 15 is 0 Å². The van der Waals surface area contributed by atoms with Gasteiger partial charge in [-0.05, 0) is 52.4 Å². The highest BCUT2D eigenvalue weighted by atomic mass is 35.5. The van der Waals surface area contributed by atoms with E-state index in [9.17, 15) is 10.2 Å². The number of aromatic nitrogens is 1. The van der Waals surface area contributed by atoms with Crippen LogP contribution in [-0.2, 0) is 11.2 Å². The summed E-state index contributed by atoms with van der Waals surface area (Å²) in [7, 11) is 0. The largest absolute Gasteiger partial charge is 0.394 e. The second kappa shape index (κ2) is 9.06. The number of ether oxygens (including phenoxy) is 1. The molecule has 1 fully saturated rings. The molecule has 1 aromatic heterocycles. The van der Waals surface area contributed by atoms with Crippen LogP contribution < -0.4 is 0 Å². The van der Waals surface area contributed by atoms with Gasteiger partial charge in [-0.1, -0.05) is 48.0 Å². The fourth-order valence-electron chi connectivity index (χ4n) is 3.83. The van der Waals surface area contributed by atoms with E-state index < -0.39 is 6.10 Å². The average molecular weight is 410 g/mol. The minimum absolute atomic E-state index is 0.0855. The smallest absolute Gasteiger partial charge is 0.0854 e. The van der Waals surface area contributed by atoms with Crippen LogP contribution in [0.15, 0.2) is 67.0 Å². The third-order valence-electron chi connectivity index (χ3n) is 5.39. The lowest BCUT2D eigenvalue weighted by Gasteiger charge is -2.32. The summed E-state index contributed by atoms with van der Waals surface area (Å²) in [5.74, 6) is 0. The van der Waals surface area contributed by atoms with E-state index in [0.29, 0.717) is 24.3 Å². The Bertz CT molecular complexity index is 946. The van der Waals surface area contributed by atoms with Crippen LogP contribution in [0.3, 0.4) is 0 Å². The van der Waals surface area contributed by atoms with Gasteiger partial charge in [-0.15, -0.1) is 0 Å². The number of pyridine rings is 1. The summed E-state index contributed by atoms with van der Waals surface area (Å²) < 4.78 is 5.94. The molecule has 3 aromatic rings. The van der Waals surface area contributed by atoms with Crippen LogP contribution in [0.4, 0.5) is 0 Å². The van der Waals surface area contributed by atoms with Crippen molar-refractivity contribution >= 4 is 11.6 Å². The van der Waals surface area contributed by atoms with Crippen LogP contribution in [0.2, 0.25) is 5.02 Å². The van der Waals surface area contributed by atoms with Gasteiger partial charge in [-0.2, -0.15) is 0 Å². The van der Waals surface area contributed by atoms with Crippen molar-refractivity contribution < 1.29 is 14.9 Å². The molecule has 4 nitrogen and oxygen atoms in total. The zero-order valence-electron chi connectivity index (χ0n) is 16.0. The lowest BCUT2D eigenvalue weighted by molar-refractivity contribution is -0.113. The van der Waals surface area contributed by atoms with Crippen LogP contribution in [0.25, 0.3) is 11.1 Å². The second-order valence-corrected chi connectivity index (χ2v) is 7.92. The Morgan fingerprint density at radius 1 is 0.966 bits per heavy atom. The van der Waals surface area contributed by atoms with Crippen LogP contribution in [0, 0.1) is 0 Å². The van der Waals surface area contributed by atoms with Crippen LogP contribution in [0.5, 0.6) is 0 Å². The fraction of sp³-hybridized carbons (Fsp3) is 0.292. The first-order chi connectivity index (χ1) is 14.1. The predicted octanol–water partition coefficient (Wildman–Crippen LogP) is 4.57. The zero-order chi connectivity index (χ0) is 20.2. The van der Waals surface area contributed by atoms with E-state index in [0.717, 1.165) is 22.3 Å². The first-order valence-corrected chi connectivity index (χ1v) is 10.2. The summed E-state index contributed by atoms with van der Waals surface area (Å²) in [6.07, 6.45) is 4.26. The van der Waals surface area contributed by atoms with Gasteiger partial charge >= 0.3 is 0 Å². The molecule has 3 atom stereocenters. The molecule has 5 heteroatoms. The van der Waals surface area contributed by atoms with Gasteiger partial charge in [0, 0.05) is 30.3 Å². The quantitative estimate of drug-likeness (QED) is 0.648. The third-order valence-corrected chi connectivity index (χ3v) is 5.75. The van der Waals surface area contributed by atoms with E-state index in [-0.39, 0.29) is 18.8 Å². The summed E-state index contributed by atoms with van der Waals surface area (Å²) in [5, 5.41) is 20.2. The van der Waals surface area contributed by atoms with E-state index in [4.69, 9.17) is 16.3 Å². The van der Waals surface area contributed by atoms with Crippen LogP contribution in [0.1, 0.15) is 35.6 Å². The summed E-state index contributed by atoms with van der Waals surface area (Å²) in [6, 6.07) is 18.3. The third kappa shape index (κ3) is 4.85. The molecule has 0 radical (unpaired) electrons. The van der Waals surface area contributed by atoms with Gasteiger partial charge < -0.3 is 14.9 Å². The molecule has 2 heterocycles. The molecule has 2 aromatic carbocycles. The Morgan fingerprint density at radius 3 is 2.41 bits per heavy atom. The SMILES string of the molecule is OC[C@@H]1C[C@H](O)C[C@H](c2ccc(Cl)c(Cc3ccc(-c4ccncc4)cc3)c2)O1. The van der Waals surface area contributed by atoms with E-state index in [2.05, 4.69) is 35.3 Å². The van der Waals surface area contributed by atoms with Gasteiger partial charge in [0.2, 0.25) is 0 Å². The highest BCUT2D eigenvalue weighted by Crippen LogP contribution is 2.34. The number of aliphatic hydroxyl groups is 2. The van der Waals surface area contributed by atoms with Crippen molar-refractivity contribution in [3.63, 3.8) is 0 Å². The zero-order valence-corrected chi connectivity index (χ0v) is 16.8. The van der Waals surface area contributed by atoms with Gasteiger partial charge in [0.15, 0.2) is 0 Å². The maximum absolute atomic E-state index is 10.1. The van der Waals surface area contributed by atoms with Crippen molar-refractivity contribution in [2.75, 3.05) is 6.61 Å². The van der Waals surface area contributed by atoms with E-state index in [1.54, 1.807) is 12.4 Å². The molecule has 0 amide bonds. The first-order valence-electron chi connectivity index (χ1n) is 9.84. The molecule has 0 spiro atoms. The molecule has 0 saturated carbocycles. The minimum atomic E-state index is -0.467. The number of hydrogen-bond donors (Lipinski definition) is 2. The second-order valence-electron chi connectivity index (χ2n) is 7.51. The molecular formula is C24H24ClNO3. The highest BCUT2D eigenvalue weighted by Gasteiger charge is 2.29. The van der Waals surface area contributed by atoms with E-state index in [1.807, 2.05) is 24.3 Å². The van der Waals surface area contributed by atoms with Crippen molar-refractivity contribution in [3.8, 4) is 11.1 Å². The molecule has 1 aliphatic heterocycles. The number of nitrogens with zero attached hydrogens (tertiary/aromatic N) is 1. The molecule has 0 bridgehead atoms. The molecule has 2 N–H and O–H groups in total. The Labute approximate surface area is 175 Å². The number of benzene rings is 2. The van der Waals surface area contributed by atoms with E-state index in [1.165, 1.54) is 5.56 Å². The molecule has 4 rings (SSSR count). The molecule has 1 saturated heterocycles. The Balaban J connectivity index is 1.52. The van der Waals surface area contributed by atoms with Gasteiger partial charge in [-0.3, -0.25) is 4.98 Å². The monoisotopic (exact) mass is 409 g/mol. The highest BCUT2D eigenvalue weighted by molar-refractivity contribution is 6.31. The maximum Gasteiger partial charge on any atom is 0.0854 e. The van der Waals surface area contributed by atoms with Crippen molar-refractivity contribution in [2.45, 2.75) is 37.6 Å². The van der Waals surface area contributed by atoms with Crippen molar-refractivity contribution in [1.82, 2.24) is 4.98 Å². The fourth-order valence-corrected chi connectivity index (χ4v) is 4.02. The van der Waals surface area contributed by atoms with Crippen molar-refractivity contribution in [3.05, 3.63) is 88.7 Å². The molecular weight excluding hydrogens is 386 g/mol. The number of halogens is 1. The summed E-state index contributed by atoms with van der Waals surface area (Å²) in [5.41, 5.74) is 5.45. The molecule has 29 heavy (non-hydrogen) atoms. The average Bonchev–Trinajstić information content (AvgIpc) is 2.76. The molecule has 1 aliphatic rings. The number of rotatable bonds is 5. The lowest BCUT2D eigenvalue weighted by atomic mass is 9.93. The molecule has 0 aliphatic carbocycles. The molecule has 150 valence electrons. The summed E-state index contributed by atoms with van der Waals surface area (Å²) in [6.45, 7) is -0.0855. The van der Waals surface area contributed by atoms with Gasteiger partial charge in [0.1, 0.15) is 0 Å². The number of hydrogen-bond acceptors (Lipinski definition) is 4. The topological polar surface area (TPSA) is 62.6 Å². The normalized spacial score (nSPS) is 21.8. The first kappa shape index (κ1) is 20.0. The number of aliphatic hydroxyl groups excluding tert-OH is 2. The predicted molar refractivity (Wildman–Crippen MR) is 114 cm³/mol. The standard InChI is InChI=1S/C24H24ClNO3/c25-23-6-5-19(24-14-21(28)13-22(15-27)29-24)12-20(23)11-16-1-3-17(4-2-16)18-7-9-26-10-8-18/h1-10,12,21-22,24,27-28H,11,13-15H2/t21-,22-,24+/m0/s1. The van der Waals surface area contributed by atoms with Gasteiger partial charge in [-0.25, -0.2) is 0 Å². The van der Waals surface area contributed by atoms with Gasteiger partial charge in [0.05, 0.1) is 24.9 Å². The maximum atomic E-state index is 10.1. The molecule has 0 unspecified atom stereocenters. The minimum Gasteiger partial charge on any atom is -0.394 e. The Morgan fingerprint density at radius 2 is 1.69 bits per heavy atom. The summed E-state index contributed by atoms with van der Waals surface area (Å²) >= 11 is 6.46. The van der Waals surface area contributed by atoms with Gasteiger partial charge in [0.25, 0.3) is 0 Å².